The quantitative estimate of drug-likeness (QED) is 0.599. The molecule has 0 aliphatic carbocycles. The van der Waals surface area contributed by atoms with Gasteiger partial charge >= 0.3 is 32.7 Å². The van der Waals surface area contributed by atoms with Crippen molar-refractivity contribution < 1.29 is 65.4 Å². The zero-order valence-corrected chi connectivity index (χ0v) is 13.8. The standard InChI is InChI=1S/7CH3.2Y/h7*1H3;;/q7*-1;;+3. The minimum Gasteiger partial charge on any atom is -0.358 e. The Labute approximate surface area is 116 Å². The van der Waals surface area contributed by atoms with Gasteiger partial charge in [-0.2, -0.15) is 0 Å². The first-order valence-corrected chi connectivity index (χ1v) is 0. The van der Waals surface area contributed by atoms with Crippen LogP contribution in [0.2, 0.25) is 0 Å². The fourth-order valence-electron chi connectivity index (χ4n) is 0. The average molecular weight is 283 g/mol. The van der Waals surface area contributed by atoms with Crippen molar-refractivity contribution in [3.05, 3.63) is 52.0 Å². The number of rotatable bonds is 0. The Bertz CT molecular complexity index is 6.88. The van der Waals surface area contributed by atoms with E-state index in [0.29, 0.717) is 0 Å². The van der Waals surface area contributed by atoms with Gasteiger partial charge in [-0.1, -0.05) is 0 Å². The van der Waals surface area contributed by atoms with Gasteiger partial charge in [0.05, 0.1) is 0 Å². The molecule has 0 N–H and O–H groups in total. The van der Waals surface area contributed by atoms with Gasteiger partial charge in [0.15, 0.2) is 0 Å². The van der Waals surface area contributed by atoms with Crippen molar-refractivity contribution in [3.63, 3.8) is 0 Å². The minimum atomic E-state index is 0. The molecule has 59 valence electrons. The minimum absolute atomic E-state index is 0. The van der Waals surface area contributed by atoms with Gasteiger partial charge in [-0.05, 0) is 0 Å². The first-order valence-electron chi connectivity index (χ1n) is 0. The maximum atomic E-state index is 0. The topological polar surface area (TPSA) is 0 Å². The first-order chi connectivity index (χ1) is 0. The van der Waals surface area contributed by atoms with Gasteiger partial charge in [-0.25, -0.2) is 0 Å². The normalized spacial score (nSPS) is 0. The van der Waals surface area contributed by atoms with Crippen LogP contribution in [0.4, 0.5) is 0 Å². The molecular formula is C7H21Y2-4. The largest absolute Gasteiger partial charge is 3.00 e. The molecule has 0 amide bonds. The van der Waals surface area contributed by atoms with Crippen LogP contribution in [0.15, 0.2) is 0 Å². The summed E-state index contributed by atoms with van der Waals surface area (Å²) in [5.41, 5.74) is 0. The zero-order chi connectivity index (χ0) is 0. The van der Waals surface area contributed by atoms with Gasteiger partial charge in [0, 0.05) is 32.7 Å². The third-order valence-electron chi connectivity index (χ3n) is 0. The Morgan fingerprint density at radius 2 is 0.333 bits per heavy atom. The van der Waals surface area contributed by atoms with Crippen LogP contribution in [-0.2, 0) is 65.4 Å². The van der Waals surface area contributed by atoms with Crippen LogP contribution in [0, 0.1) is 52.0 Å². The Morgan fingerprint density at radius 1 is 0.333 bits per heavy atom. The Hall–Kier alpha value is 2.21. The second-order valence-electron chi connectivity index (χ2n) is 0. The van der Waals surface area contributed by atoms with Crippen LogP contribution in [0.1, 0.15) is 0 Å². The molecule has 0 fully saturated rings. The molecule has 0 aliphatic rings. The van der Waals surface area contributed by atoms with E-state index in [1.807, 2.05) is 0 Å². The average Bonchev–Trinajstić information content (AvgIpc) is 0. The van der Waals surface area contributed by atoms with Crippen molar-refractivity contribution in [2.45, 2.75) is 0 Å². The summed E-state index contributed by atoms with van der Waals surface area (Å²) in [5, 5.41) is 0. The van der Waals surface area contributed by atoms with Crippen LogP contribution < -0.4 is 0 Å². The molecule has 2 heteroatoms. The Morgan fingerprint density at radius 3 is 0.333 bits per heavy atom. The van der Waals surface area contributed by atoms with Crippen molar-refractivity contribution in [2.75, 3.05) is 0 Å². The summed E-state index contributed by atoms with van der Waals surface area (Å²) in [5.74, 6) is 0. The van der Waals surface area contributed by atoms with Crippen molar-refractivity contribution >= 4 is 0 Å². The van der Waals surface area contributed by atoms with Crippen LogP contribution >= 0.6 is 0 Å². The summed E-state index contributed by atoms with van der Waals surface area (Å²) < 4.78 is 0. The number of hydrogen-bond acceptors (Lipinski definition) is 0. The fraction of sp³-hybridized carbons (Fsp3) is 0. The molecule has 0 rings (SSSR count). The third-order valence-corrected chi connectivity index (χ3v) is 0. The Kier molecular flexibility index (Phi) is 4730. The molecule has 0 heterocycles. The monoisotopic (exact) mass is 283 g/mol. The van der Waals surface area contributed by atoms with E-state index in [4.69, 9.17) is 0 Å². The fourth-order valence-corrected chi connectivity index (χ4v) is 0. The molecule has 0 saturated heterocycles. The van der Waals surface area contributed by atoms with E-state index in [0.717, 1.165) is 0 Å². The van der Waals surface area contributed by atoms with Crippen LogP contribution in [0.25, 0.3) is 0 Å². The molecule has 9 heavy (non-hydrogen) atoms. The van der Waals surface area contributed by atoms with Gasteiger partial charge in [-0.3, -0.25) is 0 Å². The molecule has 0 atom stereocenters. The zero-order valence-electron chi connectivity index (χ0n) is 8.15. The Balaban J connectivity index is 0. The second kappa shape index (κ2) is 178. The van der Waals surface area contributed by atoms with E-state index in [9.17, 15) is 0 Å². The van der Waals surface area contributed by atoms with E-state index in [1.165, 1.54) is 0 Å². The molecule has 0 aromatic carbocycles. The summed E-state index contributed by atoms with van der Waals surface area (Å²) in [6, 6.07) is 0. The SMILES string of the molecule is [CH3-].[CH3-].[CH3-].[CH3-].[CH3-].[CH3-].[CH3-].[Y+3].[Y]. The maximum absolute atomic E-state index is 0. The first kappa shape index (κ1) is 240. The molecule has 0 bridgehead atoms. The van der Waals surface area contributed by atoms with E-state index in [-0.39, 0.29) is 117 Å². The molecule has 0 nitrogen and oxygen atoms in total. The maximum Gasteiger partial charge on any atom is 3.00 e. The van der Waals surface area contributed by atoms with Crippen molar-refractivity contribution in [3.8, 4) is 0 Å². The van der Waals surface area contributed by atoms with Gasteiger partial charge in [0.1, 0.15) is 0 Å². The van der Waals surface area contributed by atoms with Gasteiger partial charge < -0.3 is 52.0 Å². The van der Waals surface area contributed by atoms with Gasteiger partial charge in [0.25, 0.3) is 0 Å². The molecule has 0 aromatic heterocycles. The molecule has 0 saturated carbocycles. The molecule has 0 spiro atoms. The molecule has 0 aliphatic heterocycles. The summed E-state index contributed by atoms with van der Waals surface area (Å²) >= 11 is 0. The molecule has 1 radical (unpaired) electrons. The third kappa shape index (κ3) is 141. The van der Waals surface area contributed by atoms with E-state index < -0.39 is 0 Å². The van der Waals surface area contributed by atoms with Crippen LogP contribution in [-0.4, -0.2) is 0 Å². The molecular weight excluding hydrogens is 262 g/mol. The second-order valence-corrected chi connectivity index (χ2v) is 0. The van der Waals surface area contributed by atoms with E-state index >= 15 is 0 Å². The van der Waals surface area contributed by atoms with Crippen molar-refractivity contribution in [2.24, 2.45) is 0 Å². The smallest absolute Gasteiger partial charge is 0.358 e. The predicted molar refractivity (Wildman–Crippen MR) is 44.9 cm³/mol. The van der Waals surface area contributed by atoms with E-state index in [2.05, 4.69) is 0 Å². The van der Waals surface area contributed by atoms with Gasteiger partial charge in [-0.15, -0.1) is 0 Å². The van der Waals surface area contributed by atoms with Crippen LogP contribution in [0.5, 0.6) is 0 Å². The van der Waals surface area contributed by atoms with Gasteiger partial charge in [0.2, 0.25) is 0 Å². The molecule has 0 aromatic rings. The predicted octanol–water partition coefficient (Wildman–Crippen LogP) is 3.15. The molecule has 0 unspecified atom stereocenters. The van der Waals surface area contributed by atoms with Crippen molar-refractivity contribution in [1.29, 1.82) is 0 Å². The number of hydrogen-bond donors (Lipinski definition) is 0. The van der Waals surface area contributed by atoms with Crippen LogP contribution in [0.3, 0.4) is 0 Å². The summed E-state index contributed by atoms with van der Waals surface area (Å²) in [4.78, 5) is 0. The summed E-state index contributed by atoms with van der Waals surface area (Å²) in [7, 11) is 0. The van der Waals surface area contributed by atoms with Crippen molar-refractivity contribution in [1.82, 2.24) is 0 Å². The summed E-state index contributed by atoms with van der Waals surface area (Å²) in [6.45, 7) is 0. The summed E-state index contributed by atoms with van der Waals surface area (Å²) in [6.07, 6.45) is 0. The van der Waals surface area contributed by atoms with E-state index in [1.54, 1.807) is 0 Å².